The van der Waals surface area contributed by atoms with Crippen LogP contribution in [0.1, 0.15) is 35.0 Å². The second-order valence-electron chi connectivity index (χ2n) is 8.29. The molecule has 7 nitrogen and oxygen atoms in total. The standard InChI is InChI=1S/C27H27F2N3O4/c28-21-7-5-20(25(29)14-21)6-10-27-31-22(18-36-27)17-35-24-8-3-19(4-9-24)2-1-12-32-13-11-30-26(32)15-23(34)16-33/h3-11,13-14,18,23,33-34H,1-2,12,15-17H2/b10-6+. The first-order valence-electron chi connectivity index (χ1n) is 11.6. The van der Waals surface area contributed by atoms with Crippen LogP contribution in [0, 0.1) is 11.6 Å². The third-order valence-corrected chi connectivity index (χ3v) is 5.54. The Morgan fingerprint density at radius 2 is 1.94 bits per heavy atom. The van der Waals surface area contributed by atoms with Gasteiger partial charge in [0.2, 0.25) is 5.89 Å². The molecule has 2 heterocycles. The number of nitrogens with zero attached hydrogens (tertiary/aromatic N) is 3. The predicted octanol–water partition coefficient (Wildman–Crippen LogP) is 4.43. The van der Waals surface area contributed by atoms with Gasteiger partial charge in [-0.2, -0.15) is 0 Å². The highest BCUT2D eigenvalue weighted by molar-refractivity contribution is 5.66. The Bertz CT molecular complexity index is 1280. The number of halogens is 2. The van der Waals surface area contributed by atoms with E-state index in [4.69, 9.17) is 14.3 Å². The number of benzene rings is 2. The lowest BCUT2D eigenvalue weighted by molar-refractivity contribution is 0.0931. The summed E-state index contributed by atoms with van der Waals surface area (Å²) < 4.78 is 39.8. The summed E-state index contributed by atoms with van der Waals surface area (Å²) in [5, 5.41) is 18.7. The van der Waals surface area contributed by atoms with Gasteiger partial charge in [0.15, 0.2) is 0 Å². The zero-order chi connectivity index (χ0) is 25.3. The predicted molar refractivity (Wildman–Crippen MR) is 130 cm³/mol. The lowest BCUT2D eigenvalue weighted by Gasteiger charge is -2.10. The Balaban J connectivity index is 1.23. The highest BCUT2D eigenvalue weighted by Crippen LogP contribution is 2.17. The molecule has 0 aliphatic rings. The maximum Gasteiger partial charge on any atom is 0.218 e. The van der Waals surface area contributed by atoms with Gasteiger partial charge in [-0.25, -0.2) is 18.7 Å². The number of hydrogen-bond donors (Lipinski definition) is 2. The Morgan fingerprint density at radius 1 is 1.11 bits per heavy atom. The van der Waals surface area contributed by atoms with Crippen LogP contribution in [-0.4, -0.2) is 37.5 Å². The van der Waals surface area contributed by atoms with Crippen LogP contribution in [0.2, 0.25) is 0 Å². The molecule has 0 spiro atoms. The molecule has 0 aliphatic heterocycles. The van der Waals surface area contributed by atoms with Crippen LogP contribution >= 0.6 is 0 Å². The third kappa shape index (κ3) is 7.10. The van der Waals surface area contributed by atoms with E-state index in [9.17, 15) is 13.9 Å². The van der Waals surface area contributed by atoms with Gasteiger partial charge >= 0.3 is 0 Å². The van der Waals surface area contributed by atoms with Crippen molar-refractivity contribution in [1.82, 2.24) is 14.5 Å². The Morgan fingerprint density at radius 3 is 2.72 bits per heavy atom. The molecule has 0 fully saturated rings. The lowest BCUT2D eigenvalue weighted by Crippen LogP contribution is -2.18. The third-order valence-electron chi connectivity index (χ3n) is 5.54. The first-order valence-corrected chi connectivity index (χ1v) is 11.6. The molecule has 4 aromatic rings. The fraction of sp³-hybridized carbons (Fsp3) is 0.259. The van der Waals surface area contributed by atoms with Crippen molar-refractivity contribution in [2.75, 3.05) is 6.61 Å². The van der Waals surface area contributed by atoms with Crippen molar-refractivity contribution in [2.24, 2.45) is 0 Å². The summed E-state index contributed by atoms with van der Waals surface area (Å²) in [6, 6.07) is 11.2. The van der Waals surface area contributed by atoms with Gasteiger partial charge in [-0.1, -0.05) is 12.1 Å². The Labute approximate surface area is 207 Å². The minimum Gasteiger partial charge on any atom is -0.487 e. The molecule has 36 heavy (non-hydrogen) atoms. The van der Waals surface area contributed by atoms with Crippen LogP contribution in [0.25, 0.3) is 12.2 Å². The van der Waals surface area contributed by atoms with Crippen LogP contribution in [0.5, 0.6) is 5.75 Å². The van der Waals surface area contributed by atoms with Gasteiger partial charge in [-0.15, -0.1) is 0 Å². The smallest absolute Gasteiger partial charge is 0.218 e. The molecular formula is C27H27F2N3O4. The van der Waals surface area contributed by atoms with Crippen molar-refractivity contribution in [3.05, 3.63) is 101 Å². The van der Waals surface area contributed by atoms with Crippen molar-refractivity contribution in [3.8, 4) is 5.75 Å². The molecule has 2 aromatic carbocycles. The van der Waals surface area contributed by atoms with Crippen LogP contribution < -0.4 is 4.74 Å². The van der Waals surface area contributed by atoms with Gasteiger partial charge in [-0.3, -0.25) is 0 Å². The molecule has 0 saturated carbocycles. The molecule has 2 aromatic heterocycles. The Kier molecular flexibility index (Phi) is 8.59. The summed E-state index contributed by atoms with van der Waals surface area (Å²) in [6.45, 7) is 0.696. The van der Waals surface area contributed by atoms with Gasteiger partial charge < -0.3 is 23.9 Å². The molecular weight excluding hydrogens is 468 g/mol. The van der Waals surface area contributed by atoms with E-state index in [-0.39, 0.29) is 18.8 Å². The summed E-state index contributed by atoms with van der Waals surface area (Å²) in [4.78, 5) is 8.54. The number of ether oxygens (including phenoxy) is 1. The summed E-state index contributed by atoms with van der Waals surface area (Å²) in [7, 11) is 0. The Hall–Kier alpha value is -3.82. The van der Waals surface area contributed by atoms with Crippen LogP contribution in [0.15, 0.2) is 65.5 Å². The van der Waals surface area contributed by atoms with E-state index in [1.54, 1.807) is 6.20 Å². The van der Waals surface area contributed by atoms with Gasteiger partial charge in [-0.05, 0) is 48.7 Å². The normalized spacial score (nSPS) is 12.3. The number of rotatable bonds is 12. The molecule has 4 rings (SSSR count). The van der Waals surface area contributed by atoms with Gasteiger partial charge in [0.1, 0.15) is 41.8 Å². The minimum atomic E-state index is -0.801. The molecule has 1 unspecified atom stereocenters. The molecule has 9 heteroatoms. The molecule has 0 bridgehead atoms. The highest BCUT2D eigenvalue weighted by Gasteiger charge is 2.09. The first kappa shape index (κ1) is 25.3. The lowest BCUT2D eigenvalue weighted by atomic mass is 10.1. The number of aliphatic hydroxyl groups excluding tert-OH is 2. The number of aromatic nitrogens is 3. The van der Waals surface area contributed by atoms with E-state index in [0.717, 1.165) is 31.3 Å². The topological polar surface area (TPSA) is 93.5 Å². The largest absolute Gasteiger partial charge is 0.487 e. The SMILES string of the molecule is OCC(O)Cc1nccn1CCCc1ccc(OCc2coc(/C=C/c3ccc(F)cc3F)n2)cc1. The molecule has 1 atom stereocenters. The van der Waals surface area contributed by atoms with Crippen LogP contribution in [-0.2, 0) is 26.0 Å². The second kappa shape index (κ2) is 12.2. The van der Waals surface area contributed by atoms with E-state index >= 15 is 0 Å². The van der Waals surface area contributed by atoms with Crippen molar-refractivity contribution < 1.29 is 28.1 Å². The fourth-order valence-electron chi connectivity index (χ4n) is 3.64. The zero-order valence-corrected chi connectivity index (χ0v) is 19.6. The van der Waals surface area contributed by atoms with E-state index < -0.39 is 17.7 Å². The molecule has 0 amide bonds. The van der Waals surface area contributed by atoms with Crippen molar-refractivity contribution >= 4 is 12.2 Å². The highest BCUT2D eigenvalue weighted by atomic mass is 19.1. The first-order chi connectivity index (χ1) is 17.5. The summed E-state index contributed by atoms with van der Waals surface area (Å²) in [6.07, 6.45) is 9.32. The van der Waals surface area contributed by atoms with Gasteiger partial charge in [0, 0.05) is 43.1 Å². The summed E-state index contributed by atoms with van der Waals surface area (Å²) in [5.74, 6) is 0.457. The number of imidazole rings is 1. The van der Waals surface area contributed by atoms with E-state index in [0.29, 0.717) is 23.8 Å². The number of aryl methyl sites for hydroxylation is 2. The summed E-state index contributed by atoms with van der Waals surface area (Å²) >= 11 is 0. The fourth-order valence-corrected chi connectivity index (χ4v) is 3.64. The monoisotopic (exact) mass is 495 g/mol. The maximum atomic E-state index is 13.7. The van der Waals surface area contributed by atoms with E-state index in [2.05, 4.69) is 9.97 Å². The molecule has 0 aliphatic carbocycles. The maximum absolute atomic E-state index is 13.7. The van der Waals surface area contributed by atoms with E-state index in [1.165, 1.54) is 36.1 Å². The zero-order valence-electron chi connectivity index (χ0n) is 19.6. The van der Waals surface area contributed by atoms with Gasteiger partial charge in [0.05, 0.1) is 12.7 Å². The molecule has 0 radical (unpaired) electrons. The average molecular weight is 496 g/mol. The summed E-state index contributed by atoms with van der Waals surface area (Å²) in [5.41, 5.74) is 1.99. The second-order valence-corrected chi connectivity index (χ2v) is 8.29. The van der Waals surface area contributed by atoms with Crippen molar-refractivity contribution in [1.29, 1.82) is 0 Å². The number of oxazole rings is 1. The van der Waals surface area contributed by atoms with Crippen molar-refractivity contribution in [3.63, 3.8) is 0 Å². The molecule has 188 valence electrons. The van der Waals surface area contributed by atoms with Gasteiger partial charge in [0.25, 0.3) is 0 Å². The van der Waals surface area contributed by atoms with Crippen LogP contribution in [0.4, 0.5) is 8.78 Å². The number of aliphatic hydroxyl groups is 2. The average Bonchev–Trinajstić information content (AvgIpc) is 3.52. The molecule has 2 N–H and O–H groups in total. The molecule has 0 saturated heterocycles. The minimum absolute atomic E-state index is 0.213. The van der Waals surface area contributed by atoms with Crippen molar-refractivity contribution in [2.45, 2.75) is 38.5 Å². The number of hydrogen-bond acceptors (Lipinski definition) is 6. The quantitative estimate of drug-likeness (QED) is 0.302. The van der Waals surface area contributed by atoms with Crippen LogP contribution in [0.3, 0.4) is 0 Å². The van der Waals surface area contributed by atoms with E-state index in [1.807, 2.05) is 35.0 Å².